The number of hydrogen-bond donors (Lipinski definition) is 1. The SMILES string of the molecule is Nc1ccc2c(c1)N(CCCC1CCCO1)C(=O)CO2. The Bertz CT molecular complexity index is 498. The van der Waals surface area contributed by atoms with E-state index in [2.05, 4.69) is 0 Å². The lowest BCUT2D eigenvalue weighted by molar-refractivity contribution is -0.121. The number of nitrogen functional groups attached to an aromatic ring is 1. The van der Waals surface area contributed by atoms with E-state index in [1.807, 2.05) is 6.07 Å². The summed E-state index contributed by atoms with van der Waals surface area (Å²) in [4.78, 5) is 13.8. The van der Waals surface area contributed by atoms with E-state index in [4.69, 9.17) is 15.2 Å². The van der Waals surface area contributed by atoms with Crippen molar-refractivity contribution in [3.05, 3.63) is 18.2 Å². The largest absolute Gasteiger partial charge is 0.482 e. The van der Waals surface area contributed by atoms with Crippen LogP contribution in [0.3, 0.4) is 0 Å². The van der Waals surface area contributed by atoms with Crippen LogP contribution in [0.5, 0.6) is 5.75 Å². The van der Waals surface area contributed by atoms with Gasteiger partial charge in [0.1, 0.15) is 5.75 Å². The minimum Gasteiger partial charge on any atom is -0.482 e. The summed E-state index contributed by atoms with van der Waals surface area (Å²) in [6.07, 6.45) is 4.60. The Hall–Kier alpha value is -1.75. The number of ether oxygens (including phenoxy) is 2. The van der Waals surface area contributed by atoms with Crippen molar-refractivity contribution in [2.75, 3.05) is 30.4 Å². The number of rotatable bonds is 4. The molecule has 1 aromatic carbocycles. The molecule has 2 N–H and O–H groups in total. The van der Waals surface area contributed by atoms with Crippen LogP contribution in [0, 0.1) is 0 Å². The molecule has 3 rings (SSSR count). The first-order valence-corrected chi connectivity index (χ1v) is 7.18. The van der Waals surface area contributed by atoms with Gasteiger partial charge in [0.25, 0.3) is 5.91 Å². The minimum atomic E-state index is -0.00422. The fraction of sp³-hybridized carbons (Fsp3) is 0.533. The smallest absolute Gasteiger partial charge is 0.265 e. The average Bonchev–Trinajstić information content (AvgIpc) is 2.94. The third-order valence-corrected chi connectivity index (χ3v) is 3.86. The Morgan fingerprint density at radius 1 is 1.40 bits per heavy atom. The Kier molecular flexibility index (Phi) is 3.78. The van der Waals surface area contributed by atoms with E-state index in [-0.39, 0.29) is 12.5 Å². The number of benzene rings is 1. The first-order chi connectivity index (χ1) is 9.74. The van der Waals surface area contributed by atoms with Crippen molar-refractivity contribution in [2.24, 2.45) is 0 Å². The summed E-state index contributed by atoms with van der Waals surface area (Å²) in [5, 5.41) is 0. The normalized spacial score (nSPS) is 21.7. The number of hydrogen-bond acceptors (Lipinski definition) is 4. The van der Waals surface area contributed by atoms with Gasteiger partial charge in [-0.25, -0.2) is 0 Å². The van der Waals surface area contributed by atoms with Gasteiger partial charge in [0.2, 0.25) is 0 Å². The monoisotopic (exact) mass is 276 g/mol. The summed E-state index contributed by atoms with van der Waals surface area (Å²) in [5.41, 5.74) is 7.23. The Morgan fingerprint density at radius 2 is 2.30 bits per heavy atom. The van der Waals surface area contributed by atoms with Crippen LogP contribution in [0.1, 0.15) is 25.7 Å². The molecule has 5 heteroatoms. The van der Waals surface area contributed by atoms with Crippen LogP contribution in [0.15, 0.2) is 18.2 Å². The first kappa shape index (κ1) is 13.2. The summed E-state index contributed by atoms with van der Waals surface area (Å²) in [6.45, 7) is 1.68. The molecule has 20 heavy (non-hydrogen) atoms. The van der Waals surface area contributed by atoms with Crippen molar-refractivity contribution in [3.63, 3.8) is 0 Å². The van der Waals surface area contributed by atoms with Gasteiger partial charge in [-0.3, -0.25) is 4.79 Å². The molecule has 0 aliphatic carbocycles. The van der Waals surface area contributed by atoms with E-state index in [9.17, 15) is 4.79 Å². The van der Waals surface area contributed by atoms with Crippen LogP contribution < -0.4 is 15.4 Å². The molecule has 0 spiro atoms. The molecule has 0 bridgehead atoms. The molecule has 2 aliphatic rings. The van der Waals surface area contributed by atoms with E-state index >= 15 is 0 Å². The van der Waals surface area contributed by atoms with Crippen molar-refractivity contribution < 1.29 is 14.3 Å². The van der Waals surface area contributed by atoms with E-state index in [0.717, 1.165) is 43.7 Å². The highest BCUT2D eigenvalue weighted by Gasteiger charge is 2.25. The molecule has 0 aromatic heterocycles. The number of nitrogens with zero attached hydrogens (tertiary/aromatic N) is 1. The molecule has 1 amide bonds. The van der Waals surface area contributed by atoms with Crippen LogP contribution in [0.4, 0.5) is 11.4 Å². The van der Waals surface area contributed by atoms with Crippen molar-refractivity contribution >= 4 is 17.3 Å². The molecule has 0 radical (unpaired) electrons. The summed E-state index contributed by atoms with van der Waals surface area (Å²) < 4.78 is 11.0. The molecule has 2 aliphatic heterocycles. The maximum absolute atomic E-state index is 12.0. The number of nitrogens with two attached hydrogens (primary N) is 1. The average molecular weight is 276 g/mol. The van der Waals surface area contributed by atoms with Crippen LogP contribution in [0.2, 0.25) is 0 Å². The molecule has 1 saturated heterocycles. The zero-order chi connectivity index (χ0) is 13.9. The van der Waals surface area contributed by atoms with Crippen LogP contribution >= 0.6 is 0 Å². The van der Waals surface area contributed by atoms with Gasteiger partial charge >= 0.3 is 0 Å². The topological polar surface area (TPSA) is 64.8 Å². The standard InChI is InChI=1S/C15H20N2O3/c16-11-5-6-14-13(9-11)17(15(18)10-20-14)7-1-3-12-4-2-8-19-12/h5-6,9,12H,1-4,7-8,10,16H2. The van der Waals surface area contributed by atoms with E-state index in [0.29, 0.717) is 18.3 Å². The van der Waals surface area contributed by atoms with E-state index in [1.54, 1.807) is 17.0 Å². The Labute approximate surface area is 118 Å². The fourth-order valence-corrected chi connectivity index (χ4v) is 2.81. The molecule has 5 nitrogen and oxygen atoms in total. The molecule has 1 fully saturated rings. The quantitative estimate of drug-likeness (QED) is 0.854. The van der Waals surface area contributed by atoms with Crippen molar-refractivity contribution in [3.8, 4) is 5.75 Å². The summed E-state index contributed by atoms with van der Waals surface area (Å²) in [6, 6.07) is 5.42. The maximum atomic E-state index is 12.0. The highest BCUT2D eigenvalue weighted by atomic mass is 16.5. The van der Waals surface area contributed by atoms with Gasteiger partial charge in [-0.15, -0.1) is 0 Å². The number of carbonyl (C=O) groups excluding carboxylic acids is 1. The Morgan fingerprint density at radius 3 is 3.10 bits per heavy atom. The second-order valence-corrected chi connectivity index (χ2v) is 5.34. The van der Waals surface area contributed by atoms with Gasteiger partial charge < -0.3 is 20.1 Å². The fourth-order valence-electron chi connectivity index (χ4n) is 2.81. The number of amides is 1. The number of anilines is 2. The molecular formula is C15H20N2O3. The van der Waals surface area contributed by atoms with Crippen LogP contribution in [0.25, 0.3) is 0 Å². The maximum Gasteiger partial charge on any atom is 0.265 e. The van der Waals surface area contributed by atoms with Crippen molar-refractivity contribution in [1.82, 2.24) is 0 Å². The molecule has 1 aromatic rings. The Balaban J connectivity index is 1.65. The number of carbonyl (C=O) groups is 1. The van der Waals surface area contributed by atoms with Gasteiger partial charge in [-0.1, -0.05) is 0 Å². The summed E-state index contributed by atoms with van der Waals surface area (Å²) >= 11 is 0. The molecule has 1 atom stereocenters. The predicted octanol–water partition coefficient (Wildman–Crippen LogP) is 1.95. The predicted molar refractivity (Wildman–Crippen MR) is 76.9 cm³/mol. The van der Waals surface area contributed by atoms with Gasteiger partial charge in [-0.05, 0) is 43.9 Å². The summed E-state index contributed by atoms with van der Waals surface area (Å²) in [5.74, 6) is 0.728. The molecular weight excluding hydrogens is 256 g/mol. The van der Waals surface area contributed by atoms with Gasteiger partial charge in [-0.2, -0.15) is 0 Å². The minimum absolute atomic E-state index is 0.00422. The third-order valence-electron chi connectivity index (χ3n) is 3.86. The lowest BCUT2D eigenvalue weighted by Gasteiger charge is -2.29. The second kappa shape index (κ2) is 5.71. The zero-order valence-electron chi connectivity index (χ0n) is 11.5. The summed E-state index contributed by atoms with van der Waals surface area (Å²) in [7, 11) is 0. The number of fused-ring (bicyclic) bond motifs is 1. The lowest BCUT2D eigenvalue weighted by atomic mass is 10.1. The van der Waals surface area contributed by atoms with Crippen LogP contribution in [-0.2, 0) is 9.53 Å². The van der Waals surface area contributed by atoms with E-state index < -0.39 is 0 Å². The van der Waals surface area contributed by atoms with E-state index in [1.165, 1.54) is 0 Å². The van der Waals surface area contributed by atoms with Crippen LogP contribution in [-0.4, -0.2) is 31.8 Å². The van der Waals surface area contributed by atoms with Crippen molar-refractivity contribution in [2.45, 2.75) is 31.8 Å². The van der Waals surface area contributed by atoms with Gasteiger partial charge in [0, 0.05) is 18.8 Å². The molecule has 2 heterocycles. The second-order valence-electron chi connectivity index (χ2n) is 5.34. The lowest BCUT2D eigenvalue weighted by Crippen LogP contribution is -2.39. The molecule has 1 unspecified atom stereocenters. The van der Waals surface area contributed by atoms with Crippen molar-refractivity contribution in [1.29, 1.82) is 0 Å². The highest BCUT2D eigenvalue weighted by molar-refractivity contribution is 5.98. The first-order valence-electron chi connectivity index (χ1n) is 7.18. The third kappa shape index (κ3) is 2.72. The molecule has 0 saturated carbocycles. The highest BCUT2D eigenvalue weighted by Crippen LogP contribution is 2.34. The van der Waals surface area contributed by atoms with Gasteiger partial charge in [0.05, 0.1) is 11.8 Å². The molecule has 108 valence electrons. The zero-order valence-corrected chi connectivity index (χ0v) is 11.5. The van der Waals surface area contributed by atoms with Gasteiger partial charge in [0.15, 0.2) is 6.61 Å².